The molecular formula is C18H25ClN4O2. The summed E-state index contributed by atoms with van der Waals surface area (Å²) in [5.74, 6) is 0.748. The molecule has 1 saturated heterocycles. The van der Waals surface area contributed by atoms with Gasteiger partial charge in [0.05, 0.1) is 24.4 Å². The van der Waals surface area contributed by atoms with E-state index in [0.29, 0.717) is 13.2 Å². The Morgan fingerprint density at radius 3 is 2.92 bits per heavy atom. The fourth-order valence-electron chi connectivity index (χ4n) is 3.17. The molecule has 0 aliphatic carbocycles. The smallest absolute Gasteiger partial charge is 0.229 e. The van der Waals surface area contributed by atoms with Crippen LogP contribution in [-0.2, 0) is 11.8 Å². The SMILES string of the molecule is CCOc1cc(C)ccc1NC(=O)[C@H]1CNC[C@@H]1c1cnn(C)c1.Cl. The van der Waals surface area contributed by atoms with E-state index in [0.717, 1.165) is 29.1 Å². The fourth-order valence-corrected chi connectivity index (χ4v) is 3.17. The quantitative estimate of drug-likeness (QED) is 0.855. The summed E-state index contributed by atoms with van der Waals surface area (Å²) in [5, 5.41) is 10.6. The largest absolute Gasteiger partial charge is 0.492 e. The first-order chi connectivity index (χ1) is 11.6. The maximum Gasteiger partial charge on any atom is 0.229 e. The number of carbonyl (C=O) groups is 1. The number of benzene rings is 1. The predicted molar refractivity (Wildman–Crippen MR) is 101 cm³/mol. The van der Waals surface area contributed by atoms with Crippen LogP contribution in [0, 0.1) is 12.8 Å². The van der Waals surface area contributed by atoms with Gasteiger partial charge < -0.3 is 15.4 Å². The van der Waals surface area contributed by atoms with Gasteiger partial charge in [-0.2, -0.15) is 5.10 Å². The zero-order valence-electron chi connectivity index (χ0n) is 14.8. The number of amides is 1. The topological polar surface area (TPSA) is 68.2 Å². The normalized spacial score (nSPS) is 19.3. The Morgan fingerprint density at radius 1 is 1.44 bits per heavy atom. The van der Waals surface area contributed by atoms with Gasteiger partial charge in [-0.3, -0.25) is 9.48 Å². The summed E-state index contributed by atoms with van der Waals surface area (Å²) in [5.41, 5.74) is 2.92. The van der Waals surface area contributed by atoms with Crippen molar-refractivity contribution in [2.75, 3.05) is 25.0 Å². The van der Waals surface area contributed by atoms with E-state index >= 15 is 0 Å². The van der Waals surface area contributed by atoms with E-state index in [2.05, 4.69) is 15.7 Å². The third-order valence-corrected chi connectivity index (χ3v) is 4.40. The number of aromatic nitrogens is 2. The number of hydrogen-bond acceptors (Lipinski definition) is 4. The number of halogens is 1. The standard InChI is InChI=1S/C18H24N4O2.ClH/c1-4-24-17-7-12(2)5-6-16(17)21-18(23)15-10-19-9-14(15)13-8-20-22(3)11-13;/h5-8,11,14-15,19H,4,9-10H2,1-3H3,(H,21,23);1H/t14-,15+;/m1./s1. The van der Waals surface area contributed by atoms with E-state index in [1.54, 1.807) is 4.68 Å². The fraction of sp³-hybridized carbons (Fsp3) is 0.444. The first kappa shape index (κ1) is 19.3. The van der Waals surface area contributed by atoms with Crippen LogP contribution in [0.15, 0.2) is 30.6 Å². The molecule has 1 aromatic carbocycles. The molecule has 0 spiro atoms. The monoisotopic (exact) mass is 364 g/mol. The number of aryl methyl sites for hydroxylation is 2. The van der Waals surface area contributed by atoms with Gasteiger partial charge >= 0.3 is 0 Å². The molecule has 7 heteroatoms. The van der Waals surface area contributed by atoms with Crippen LogP contribution in [0.3, 0.4) is 0 Å². The van der Waals surface area contributed by atoms with Crippen molar-refractivity contribution in [3.8, 4) is 5.75 Å². The van der Waals surface area contributed by atoms with Gasteiger partial charge in [0.15, 0.2) is 0 Å². The van der Waals surface area contributed by atoms with Gasteiger partial charge in [0.2, 0.25) is 5.91 Å². The Morgan fingerprint density at radius 2 is 2.24 bits per heavy atom. The number of anilines is 1. The molecule has 25 heavy (non-hydrogen) atoms. The molecule has 2 aromatic rings. The number of hydrogen-bond donors (Lipinski definition) is 2. The van der Waals surface area contributed by atoms with Crippen molar-refractivity contribution in [2.24, 2.45) is 13.0 Å². The minimum absolute atomic E-state index is 0. The molecule has 1 aliphatic rings. The van der Waals surface area contributed by atoms with Gasteiger partial charge in [0.1, 0.15) is 5.75 Å². The second-order valence-corrected chi connectivity index (χ2v) is 6.24. The van der Waals surface area contributed by atoms with Crippen LogP contribution >= 0.6 is 12.4 Å². The molecule has 0 unspecified atom stereocenters. The molecule has 2 N–H and O–H groups in total. The summed E-state index contributed by atoms with van der Waals surface area (Å²) in [6.45, 7) is 5.97. The first-order valence-electron chi connectivity index (χ1n) is 8.32. The summed E-state index contributed by atoms with van der Waals surface area (Å²) in [6.07, 6.45) is 3.82. The zero-order valence-corrected chi connectivity index (χ0v) is 15.6. The Labute approximate surface area is 154 Å². The lowest BCUT2D eigenvalue weighted by atomic mass is 9.90. The van der Waals surface area contributed by atoms with Crippen molar-refractivity contribution < 1.29 is 9.53 Å². The zero-order chi connectivity index (χ0) is 17.1. The molecule has 3 rings (SSSR count). The minimum Gasteiger partial charge on any atom is -0.492 e. The van der Waals surface area contributed by atoms with Gasteiger partial charge in [0, 0.05) is 32.3 Å². The van der Waals surface area contributed by atoms with Crippen LogP contribution in [0.2, 0.25) is 0 Å². The second kappa shape index (κ2) is 8.36. The lowest BCUT2D eigenvalue weighted by Gasteiger charge is -2.18. The summed E-state index contributed by atoms with van der Waals surface area (Å²) in [4.78, 5) is 12.8. The number of carbonyl (C=O) groups excluding carboxylic acids is 1. The van der Waals surface area contributed by atoms with Crippen LogP contribution in [0.25, 0.3) is 0 Å². The number of nitrogens with one attached hydrogen (secondary N) is 2. The van der Waals surface area contributed by atoms with Crippen molar-refractivity contribution in [3.63, 3.8) is 0 Å². The Kier molecular flexibility index (Phi) is 6.45. The summed E-state index contributed by atoms with van der Waals surface area (Å²) >= 11 is 0. The molecular weight excluding hydrogens is 340 g/mol. The van der Waals surface area contributed by atoms with Gasteiger partial charge in [-0.05, 0) is 37.1 Å². The van der Waals surface area contributed by atoms with Crippen molar-refractivity contribution in [1.29, 1.82) is 0 Å². The van der Waals surface area contributed by atoms with Crippen LogP contribution in [0.5, 0.6) is 5.75 Å². The van der Waals surface area contributed by atoms with E-state index in [4.69, 9.17) is 4.74 Å². The third-order valence-electron chi connectivity index (χ3n) is 4.40. The number of rotatable bonds is 5. The maximum atomic E-state index is 12.8. The van der Waals surface area contributed by atoms with Crippen molar-refractivity contribution in [3.05, 3.63) is 41.7 Å². The van der Waals surface area contributed by atoms with Crippen molar-refractivity contribution >= 4 is 24.0 Å². The van der Waals surface area contributed by atoms with Crippen LogP contribution in [0.1, 0.15) is 24.0 Å². The molecule has 6 nitrogen and oxygen atoms in total. The van der Waals surface area contributed by atoms with Crippen LogP contribution in [-0.4, -0.2) is 35.4 Å². The van der Waals surface area contributed by atoms with E-state index in [1.807, 2.05) is 51.5 Å². The Balaban J connectivity index is 0.00000225. The highest BCUT2D eigenvalue weighted by Crippen LogP contribution is 2.31. The summed E-state index contributed by atoms with van der Waals surface area (Å²) in [6, 6.07) is 5.83. The highest BCUT2D eigenvalue weighted by molar-refractivity contribution is 5.95. The van der Waals surface area contributed by atoms with Crippen molar-refractivity contribution in [1.82, 2.24) is 15.1 Å². The molecule has 0 bridgehead atoms. The predicted octanol–water partition coefficient (Wildman–Crippen LogP) is 2.49. The summed E-state index contributed by atoms with van der Waals surface area (Å²) < 4.78 is 7.43. The second-order valence-electron chi connectivity index (χ2n) is 6.24. The van der Waals surface area contributed by atoms with Gasteiger partial charge in [-0.15, -0.1) is 12.4 Å². The van der Waals surface area contributed by atoms with E-state index in [-0.39, 0.29) is 30.2 Å². The number of ether oxygens (including phenoxy) is 1. The lowest BCUT2D eigenvalue weighted by molar-refractivity contribution is -0.119. The molecule has 1 amide bonds. The molecule has 0 saturated carbocycles. The molecule has 1 aliphatic heterocycles. The molecule has 136 valence electrons. The Bertz CT molecular complexity index is 732. The molecule has 1 fully saturated rings. The van der Waals surface area contributed by atoms with Crippen LogP contribution < -0.4 is 15.4 Å². The minimum atomic E-state index is -0.120. The highest BCUT2D eigenvalue weighted by atomic mass is 35.5. The van der Waals surface area contributed by atoms with Gasteiger partial charge in [-0.25, -0.2) is 0 Å². The number of nitrogens with zero attached hydrogens (tertiary/aromatic N) is 2. The average molecular weight is 365 g/mol. The molecule has 2 heterocycles. The first-order valence-corrected chi connectivity index (χ1v) is 8.32. The van der Waals surface area contributed by atoms with Gasteiger partial charge in [-0.1, -0.05) is 6.07 Å². The third kappa shape index (κ3) is 4.32. The van der Waals surface area contributed by atoms with Crippen LogP contribution in [0.4, 0.5) is 5.69 Å². The van der Waals surface area contributed by atoms with Crippen molar-refractivity contribution in [2.45, 2.75) is 19.8 Å². The van der Waals surface area contributed by atoms with E-state index in [1.165, 1.54) is 0 Å². The molecule has 1 aromatic heterocycles. The molecule has 0 radical (unpaired) electrons. The van der Waals surface area contributed by atoms with E-state index in [9.17, 15) is 4.79 Å². The maximum absolute atomic E-state index is 12.8. The average Bonchev–Trinajstić information content (AvgIpc) is 3.18. The highest BCUT2D eigenvalue weighted by Gasteiger charge is 2.35. The van der Waals surface area contributed by atoms with E-state index < -0.39 is 0 Å². The molecule has 2 atom stereocenters. The van der Waals surface area contributed by atoms with Gasteiger partial charge in [0.25, 0.3) is 0 Å². The lowest BCUT2D eigenvalue weighted by Crippen LogP contribution is -2.28. The summed E-state index contributed by atoms with van der Waals surface area (Å²) in [7, 11) is 1.89. The Hall–Kier alpha value is -2.05.